The highest BCUT2D eigenvalue weighted by molar-refractivity contribution is 9.10. The van der Waals surface area contributed by atoms with E-state index in [2.05, 4.69) is 25.9 Å². The van der Waals surface area contributed by atoms with Crippen molar-refractivity contribution >= 4 is 42.6 Å². The SMILES string of the molecule is CCS(=O)(=O)c1ccc(Oc2cc3cc(-c4ccc(Br)cn4)[nH]c3cc2C2CCC(=O)N2C)cc1. The first-order valence-electron chi connectivity index (χ1n) is 11.3. The summed E-state index contributed by atoms with van der Waals surface area (Å²) in [6, 6.07) is 16.2. The fourth-order valence-corrected chi connectivity index (χ4v) is 5.49. The van der Waals surface area contributed by atoms with Crippen LogP contribution in [0.5, 0.6) is 11.5 Å². The van der Waals surface area contributed by atoms with Gasteiger partial charge in [0.1, 0.15) is 11.5 Å². The number of nitrogens with zero attached hydrogens (tertiary/aromatic N) is 2. The Hall–Kier alpha value is -3.17. The normalized spacial score (nSPS) is 16.3. The number of amides is 1. The number of aromatic nitrogens is 2. The third kappa shape index (κ3) is 4.58. The molecule has 0 radical (unpaired) electrons. The largest absolute Gasteiger partial charge is 0.457 e. The molecule has 0 spiro atoms. The molecule has 1 saturated heterocycles. The Kier molecular flexibility index (Phi) is 6.14. The van der Waals surface area contributed by atoms with Crippen molar-refractivity contribution < 1.29 is 17.9 Å². The molecule has 4 aromatic rings. The van der Waals surface area contributed by atoms with E-state index in [1.807, 2.05) is 37.4 Å². The van der Waals surface area contributed by atoms with E-state index in [0.29, 0.717) is 24.3 Å². The lowest BCUT2D eigenvalue weighted by Gasteiger charge is -2.23. The number of benzene rings is 2. The molecule has 1 amide bonds. The van der Waals surface area contributed by atoms with Crippen LogP contribution in [0.2, 0.25) is 0 Å². The number of carbonyl (C=O) groups excluding carboxylic acids is 1. The molecule has 1 aliphatic rings. The lowest BCUT2D eigenvalue weighted by atomic mass is 10.0. The predicted molar refractivity (Wildman–Crippen MR) is 138 cm³/mol. The van der Waals surface area contributed by atoms with Crippen LogP contribution in [-0.2, 0) is 14.6 Å². The Balaban J connectivity index is 1.57. The third-order valence-corrected chi connectivity index (χ3v) is 8.62. The molecule has 2 aromatic heterocycles. The molecular formula is C26H24BrN3O4S. The Bertz CT molecular complexity index is 1510. The first-order chi connectivity index (χ1) is 16.7. The Labute approximate surface area is 212 Å². The van der Waals surface area contributed by atoms with Crippen molar-refractivity contribution in [3.63, 3.8) is 0 Å². The first kappa shape index (κ1) is 23.6. The molecule has 1 atom stereocenters. The molecule has 9 heteroatoms. The zero-order valence-corrected chi connectivity index (χ0v) is 21.7. The quantitative estimate of drug-likeness (QED) is 0.322. The zero-order valence-electron chi connectivity index (χ0n) is 19.3. The molecule has 2 aromatic carbocycles. The number of sulfone groups is 1. The average molecular weight is 554 g/mol. The van der Waals surface area contributed by atoms with Crippen LogP contribution in [0.1, 0.15) is 31.4 Å². The summed E-state index contributed by atoms with van der Waals surface area (Å²) in [7, 11) is -1.48. The van der Waals surface area contributed by atoms with Gasteiger partial charge in [-0.2, -0.15) is 0 Å². The van der Waals surface area contributed by atoms with E-state index in [1.165, 1.54) is 0 Å². The van der Waals surface area contributed by atoms with E-state index >= 15 is 0 Å². The Morgan fingerprint density at radius 3 is 2.54 bits per heavy atom. The monoisotopic (exact) mass is 553 g/mol. The number of carbonyl (C=O) groups is 1. The summed E-state index contributed by atoms with van der Waals surface area (Å²) in [4.78, 5) is 22.2. The van der Waals surface area contributed by atoms with Gasteiger partial charge in [0.05, 0.1) is 28.1 Å². The highest BCUT2D eigenvalue weighted by Gasteiger charge is 2.31. The van der Waals surface area contributed by atoms with Crippen LogP contribution < -0.4 is 4.74 Å². The topological polar surface area (TPSA) is 92.4 Å². The van der Waals surface area contributed by atoms with Gasteiger partial charge >= 0.3 is 0 Å². The molecule has 35 heavy (non-hydrogen) atoms. The number of hydrogen-bond acceptors (Lipinski definition) is 5. The number of H-pyrrole nitrogens is 1. The van der Waals surface area contributed by atoms with Gasteiger partial charge in [-0.3, -0.25) is 9.78 Å². The summed E-state index contributed by atoms with van der Waals surface area (Å²) < 4.78 is 31.5. The molecule has 1 fully saturated rings. The highest BCUT2D eigenvalue weighted by Crippen LogP contribution is 2.41. The maximum atomic E-state index is 12.3. The average Bonchev–Trinajstić information content (AvgIpc) is 3.42. The van der Waals surface area contributed by atoms with Gasteiger partial charge in [-0.15, -0.1) is 0 Å². The first-order valence-corrected chi connectivity index (χ1v) is 13.7. The van der Waals surface area contributed by atoms with Crippen LogP contribution in [0, 0.1) is 0 Å². The van der Waals surface area contributed by atoms with Gasteiger partial charge in [0.2, 0.25) is 5.91 Å². The van der Waals surface area contributed by atoms with Crippen molar-refractivity contribution in [2.75, 3.05) is 12.8 Å². The smallest absolute Gasteiger partial charge is 0.222 e. The number of halogens is 1. The zero-order chi connectivity index (χ0) is 24.7. The number of rotatable bonds is 6. The van der Waals surface area contributed by atoms with Crippen molar-refractivity contribution in [2.45, 2.75) is 30.7 Å². The van der Waals surface area contributed by atoms with E-state index in [-0.39, 0.29) is 22.6 Å². The van der Waals surface area contributed by atoms with Crippen LogP contribution in [0.25, 0.3) is 22.3 Å². The molecular weight excluding hydrogens is 530 g/mol. The summed E-state index contributed by atoms with van der Waals surface area (Å²) >= 11 is 3.42. The highest BCUT2D eigenvalue weighted by atomic mass is 79.9. The predicted octanol–water partition coefficient (Wildman–Crippen LogP) is 5.87. The molecule has 0 aliphatic carbocycles. The summed E-state index contributed by atoms with van der Waals surface area (Å²) in [6.45, 7) is 1.62. The molecule has 5 rings (SSSR count). The summed E-state index contributed by atoms with van der Waals surface area (Å²) in [5.74, 6) is 1.29. The minimum atomic E-state index is -3.29. The van der Waals surface area contributed by atoms with Crippen molar-refractivity contribution in [2.24, 2.45) is 0 Å². The summed E-state index contributed by atoms with van der Waals surface area (Å²) in [5, 5.41) is 0.945. The lowest BCUT2D eigenvalue weighted by molar-refractivity contribution is -0.127. The molecule has 1 N–H and O–H groups in total. The van der Waals surface area contributed by atoms with Gasteiger partial charge in [-0.05, 0) is 76.9 Å². The lowest BCUT2D eigenvalue weighted by Crippen LogP contribution is -2.22. The van der Waals surface area contributed by atoms with Crippen LogP contribution in [0.3, 0.4) is 0 Å². The molecule has 1 aliphatic heterocycles. The van der Waals surface area contributed by atoms with Crippen LogP contribution in [0.4, 0.5) is 0 Å². The van der Waals surface area contributed by atoms with E-state index < -0.39 is 9.84 Å². The van der Waals surface area contributed by atoms with Crippen molar-refractivity contribution in [3.05, 3.63) is 70.8 Å². The molecule has 180 valence electrons. The molecule has 0 saturated carbocycles. The fraction of sp³-hybridized carbons (Fsp3) is 0.231. The van der Waals surface area contributed by atoms with Gasteiger partial charge in [0, 0.05) is 40.6 Å². The van der Waals surface area contributed by atoms with Gasteiger partial charge < -0.3 is 14.6 Å². The van der Waals surface area contributed by atoms with Crippen LogP contribution >= 0.6 is 15.9 Å². The molecule has 1 unspecified atom stereocenters. The molecule has 0 bridgehead atoms. The number of fused-ring (bicyclic) bond motifs is 1. The van der Waals surface area contributed by atoms with Gasteiger partial charge in [-0.25, -0.2) is 8.42 Å². The molecule has 7 nitrogen and oxygen atoms in total. The number of hydrogen-bond donors (Lipinski definition) is 1. The van der Waals surface area contributed by atoms with Crippen molar-refractivity contribution in [1.29, 1.82) is 0 Å². The van der Waals surface area contributed by atoms with Crippen molar-refractivity contribution in [1.82, 2.24) is 14.9 Å². The standard InChI is InChI=1S/C26H24BrN3O4S/c1-3-35(32,33)19-7-5-18(6-8-19)34-25-13-16-12-23(21-9-4-17(27)15-28-21)29-22(16)14-20(25)24-10-11-26(31)30(24)2/h4-9,12-15,24,29H,3,10-11H2,1-2H3. The van der Waals surface area contributed by atoms with Gasteiger partial charge in [0.25, 0.3) is 0 Å². The Morgan fingerprint density at radius 2 is 1.91 bits per heavy atom. The van der Waals surface area contributed by atoms with E-state index in [0.717, 1.165) is 32.3 Å². The number of likely N-dealkylation sites (tertiary alicyclic amines) is 1. The number of nitrogens with one attached hydrogen (secondary N) is 1. The minimum absolute atomic E-state index is 0.0408. The minimum Gasteiger partial charge on any atom is -0.457 e. The van der Waals surface area contributed by atoms with E-state index in [1.54, 1.807) is 42.3 Å². The number of aromatic amines is 1. The summed E-state index contributed by atoms with van der Waals surface area (Å²) in [6.07, 6.45) is 2.94. The maximum Gasteiger partial charge on any atom is 0.222 e. The third-order valence-electron chi connectivity index (χ3n) is 6.40. The number of pyridine rings is 1. The van der Waals surface area contributed by atoms with Gasteiger partial charge in [0.15, 0.2) is 9.84 Å². The number of ether oxygens (including phenoxy) is 1. The second kappa shape index (κ2) is 9.13. The Morgan fingerprint density at radius 1 is 1.14 bits per heavy atom. The molecule has 3 heterocycles. The second-order valence-corrected chi connectivity index (χ2v) is 11.8. The second-order valence-electron chi connectivity index (χ2n) is 8.56. The summed E-state index contributed by atoms with van der Waals surface area (Å²) in [5.41, 5.74) is 3.51. The van der Waals surface area contributed by atoms with E-state index in [4.69, 9.17) is 4.74 Å². The van der Waals surface area contributed by atoms with E-state index in [9.17, 15) is 13.2 Å². The fourth-order valence-electron chi connectivity index (χ4n) is 4.38. The van der Waals surface area contributed by atoms with Crippen molar-refractivity contribution in [3.8, 4) is 22.9 Å². The maximum absolute atomic E-state index is 12.3. The van der Waals surface area contributed by atoms with Crippen LogP contribution in [0.15, 0.2) is 70.2 Å². The van der Waals surface area contributed by atoms with Gasteiger partial charge in [-0.1, -0.05) is 6.92 Å². The van der Waals surface area contributed by atoms with Crippen LogP contribution in [-0.4, -0.2) is 42.0 Å².